The molecule has 0 aliphatic carbocycles. The standard InChI is InChI=1S/C11H16N4O3S2/c1-2-12-6-9-5-10(7-19-9)20(16,17)14-4-3-11-13-8-18-15-11/h5,7-8,12,14H,2-4,6H2,1H3. The summed E-state index contributed by atoms with van der Waals surface area (Å²) in [5.74, 6) is 0.478. The molecule has 2 aromatic rings. The van der Waals surface area contributed by atoms with Crippen molar-refractivity contribution in [2.45, 2.75) is 24.8 Å². The summed E-state index contributed by atoms with van der Waals surface area (Å²) in [5.41, 5.74) is 0. The number of nitrogens with one attached hydrogen (secondary N) is 2. The fourth-order valence-corrected chi connectivity index (χ4v) is 3.80. The molecule has 0 radical (unpaired) electrons. The van der Waals surface area contributed by atoms with Crippen molar-refractivity contribution in [3.63, 3.8) is 0 Å². The first-order chi connectivity index (χ1) is 9.62. The van der Waals surface area contributed by atoms with E-state index >= 15 is 0 Å². The molecule has 0 atom stereocenters. The maximum atomic E-state index is 12.1. The van der Waals surface area contributed by atoms with Crippen molar-refractivity contribution in [1.82, 2.24) is 20.2 Å². The molecule has 0 saturated heterocycles. The van der Waals surface area contributed by atoms with Gasteiger partial charge in [0, 0.05) is 29.8 Å². The van der Waals surface area contributed by atoms with Gasteiger partial charge in [0.15, 0.2) is 5.82 Å². The molecular weight excluding hydrogens is 300 g/mol. The fraction of sp³-hybridized carbons (Fsp3) is 0.455. The molecule has 2 aromatic heterocycles. The minimum absolute atomic E-state index is 0.236. The third-order valence-corrected chi connectivity index (χ3v) is 5.06. The van der Waals surface area contributed by atoms with Crippen LogP contribution in [0, 0.1) is 0 Å². The highest BCUT2D eigenvalue weighted by molar-refractivity contribution is 7.89. The first kappa shape index (κ1) is 15.1. The van der Waals surface area contributed by atoms with Crippen LogP contribution < -0.4 is 10.0 Å². The first-order valence-electron chi connectivity index (χ1n) is 6.15. The molecule has 0 saturated carbocycles. The normalized spacial score (nSPS) is 11.8. The highest BCUT2D eigenvalue weighted by Gasteiger charge is 2.15. The number of rotatable bonds is 8. The summed E-state index contributed by atoms with van der Waals surface area (Å²) in [5, 5.41) is 8.42. The summed E-state index contributed by atoms with van der Waals surface area (Å²) in [4.78, 5) is 5.11. The molecule has 20 heavy (non-hydrogen) atoms. The Bertz CT molecular complexity index is 622. The van der Waals surface area contributed by atoms with Gasteiger partial charge in [-0.25, -0.2) is 13.1 Å². The lowest BCUT2D eigenvalue weighted by Gasteiger charge is -2.02. The summed E-state index contributed by atoms with van der Waals surface area (Å²) in [6.07, 6.45) is 1.61. The van der Waals surface area contributed by atoms with Crippen molar-refractivity contribution in [3.05, 3.63) is 28.5 Å². The number of thiophene rings is 1. The lowest BCUT2D eigenvalue weighted by atomic mass is 10.4. The van der Waals surface area contributed by atoms with E-state index in [4.69, 9.17) is 0 Å². The Kier molecular flexibility index (Phi) is 5.24. The maximum absolute atomic E-state index is 12.1. The van der Waals surface area contributed by atoms with Gasteiger partial charge in [0.1, 0.15) is 0 Å². The molecule has 0 unspecified atom stereocenters. The fourth-order valence-electron chi connectivity index (χ4n) is 1.53. The van der Waals surface area contributed by atoms with Crippen LogP contribution in [0.25, 0.3) is 0 Å². The number of hydrogen-bond donors (Lipinski definition) is 2. The third-order valence-electron chi connectivity index (χ3n) is 2.54. The van der Waals surface area contributed by atoms with Gasteiger partial charge in [-0.3, -0.25) is 0 Å². The highest BCUT2D eigenvalue weighted by Crippen LogP contribution is 2.18. The second-order valence-corrected chi connectivity index (χ2v) is 6.79. The predicted octanol–water partition coefficient (Wildman–Crippen LogP) is 0.762. The van der Waals surface area contributed by atoms with Crippen LogP contribution in [0.1, 0.15) is 17.6 Å². The lowest BCUT2D eigenvalue weighted by molar-refractivity contribution is 0.410. The summed E-state index contributed by atoms with van der Waals surface area (Å²) in [6, 6.07) is 1.68. The average molecular weight is 316 g/mol. The Labute approximate surface area is 121 Å². The van der Waals surface area contributed by atoms with E-state index in [0.717, 1.165) is 11.4 Å². The van der Waals surface area contributed by atoms with Gasteiger partial charge in [0.05, 0.1) is 4.90 Å². The summed E-state index contributed by atoms with van der Waals surface area (Å²) >= 11 is 1.43. The van der Waals surface area contributed by atoms with Crippen molar-refractivity contribution in [3.8, 4) is 0 Å². The second-order valence-electron chi connectivity index (χ2n) is 4.02. The quantitative estimate of drug-likeness (QED) is 0.746. The molecule has 7 nitrogen and oxygen atoms in total. The molecule has 0 aliphatic rings. The molecule has 0 amide bonds. The van der Waals surface area contributed by atoms with E-state index in [9.17, 15) is 8.42 Å². The number of sulfonamides is 1. The van der Waals surface area contributed by atoms with Gasteiger partial charge in [-0.1, -0.05) is 12.1 Å². The monoisotopic (exact) mass is 316 g/mol. The Balaban J connectivity index is 1.90. The van der Waals surface area contributed by atoms with Crippen molar-refractivity contribution in [2.24, 2.45) is 0 Å². The number of nitrogens with zero attached hydrogens (tertiary/aromatic N) is 2. The lowest BCUT2D eigenvalue weighted by Crippen LogP contribution is -2.25. The van der Waals surface area contributed by atoms with E-state index in [0.29, 0.717) is 23.7 Å². The van der Waals surface area contributed by atoms with Crippen molar-refractivity contribution < 1.29 is 12.9 Å². The minimum Gasteiger partial charge on any atom is -0.343 e. The van der Waals surface area contributed by atoms with Gasteiger partial charge >= 0.3 is 0 Å². The minimum atomic E-state index is -3.47. The van der Waals surface area contributed by atoms with E-state index in [2.05, 4.69) is 24.7 Å². The van der Waals surface area contributed by atoms with Crippen molar-refractivity contribution in [1.29, 1.82) is 0 Å². The van der Waals surface area contributed by atoms with E-state index in [1.54, 1.807) is 11.4 Å². The van der Waals surface area contributed by atoms with Gasteiger partial charge in [-0.15, -0.1) is 11.3 Å². The third kappa shape index (κ3) is 4.10. The molecular formula is C11H16N4O3S2. The van der Waals surface area contributed by atoms with Gasteiger partial charge in [0.2, 0.25) is 16.4 Å². The van der Waals surface area contributed by atoms with Crippen LogP contribution in [0.5, 0.6) is 0 Å². The SMILES string of the molecule is CCNCc1cc(S(=O)(=O)NCCc2ncon2)cs1. The number of hydrogen-bond acceptors (Lipinski definition) is 7. The molecule has 0 aromatic carbocycles. The topological polar surface area (TPSA) is 97.1 Å². The van der Waals surface area contributed by atoms with E-state index < -0.39 is 10.0 Å². The van der Waals surface area contributed by atoms with Crippen LogP contribution in [-0.4, -0.2) is 31.6 Å². The van der Waals surface area contributed by atoms with Crippen molar-refractivity contribution in [2.75, 3.05) is 13.1 Å². The van der Waals surface area contributed by atoms with E-state index in [1.165, 1.54) is 17.7 Å². The van der Waals surface area contributed by atoms with Gasteiger partial charge in [-0.05, 0) is 12.6 Å². The Morgan fingerprint density at radius 2 is 2.30 bits per heavy atom. The van der Waals surface area contributed by atoms with Crippen LogP contribution in [0.3, 0.4) is 0 Å². The first-order valence-corrected chi connectivity index (χ1v) is 8.51. The molecule has 0 spiro atoms. The largest absolute Gasteiger partial charge is 0.343 e. The highest BCUT2D eigenvalue weighted by atomic mass is 32.2. The van der Waals surface area contributed by atoms with Crippen molar-refractivity contribution >= 4 is 21.4 Å². The Morgan fingerprint density at radius 3 is 3.00 bits per heavy atom. The Hall–Kier alpha value is -1.29. The molecule has 0 aliphatic heterocycles. The maximum Gasteiger partial charge on any atom is 0.241 e. The van der Waals surface area contributed by atoms with Crippen LogP contribution in [0.4, 0.5) is 0 Å². The summed E-state index contributed by atoms with van der Waals surface area (Å²) < 4.78 is 31.2. The molecule has 110 valence electrons. The zero-order chi connectivity index (χ0) is 14.4. The van der Waals surface area contributed by atoms with Crippen LogP contribution in [-0.2, 0) is 23.0 Å². The zero-order valence-electron chi connectivity index (χ0n) is 11.0. The summed E-state index contributed by atoms with van der Waals surface area (Å²) in [6.45, 7) is 3.77. The van der Waals surface area contributed by atoms with Crippen LogP contribution >= 0.6 is 11.3 Å². The molecule has 9 heteroatoms. The Morgan fingerprint density at radius 1 is 1.45 bits per heavy atom. The van der Waals surface area contributed by atoms with E-state index in [-0.39, 0.29) is 6.54 Å². The second kappa shape index (κ2) is 6.93. The van der Waals surface area contributed by atoms with Crippen LogP contribution in [0.15, 0.2) is 27.3 Å². The summed E-state index contributed by atoms with van der Waals surface area (Å²) in [7, 11) is -3.47. The molecule has 0 bridgehead atoms. The molecule has 2 heterocycles. The average Bonchev–Trinajstić information content (AvgIpc) is 3.07. The molecule has 2 N–H and O–H groups in total. The zero-order valence-corrected chi connectivity index (χ0v) is 12.6. The molecule has 0 fully saturated rings. The van der Waals surface area contributed by atoms with Gasteiger partial charge in [-0.2, -0.15) is 4.98 Å². The number of aromatic nitrogens is 2. The van der Waals surface area contributed by atoms with Gasteiger partial charge in [0.25, 0.3) is 0 Å². The molecule has 2 rings (SSSR count). The van der Waals surface area contributed by atoms with Gasteiger partial charge < -0.3 is 9.84 Å². The smallest absolute Gasteiger partial charge is 0.241 e. The predicted molar refractivity (Wildman–Crippen MR) is 74.9 cm³/mol. The van der Waals surface area contributed by atoms with Crippen LogP contribution in [0.2, 0.25) is 0 Å². The van der Waals surface area contributed by atoms with E-state index in [1.807, 2.05) is 6.92 Å².